The summed E-state index contributed by atoms with van der Waals surface area (Å²) in [4.78, 5) is 11.9. The van der Waals surface area contributed by atoms with Gasteiger partial charge in [-0.1, -0.05) is 6.07 Å². The number of amides is 2. The molecule has 0 aliphatic carbocycles. The normalized spacial score (nSPS) is 14.2. The average Bonchev–Trinajstić information content (AvgIpc) is 3.06. The monoisotopic (exact) mass is 302 g/mol. The summed E-state index contributed by atoms with van der Waals surface area (Å²) in [6.45, 7) is 3.38. The molecule has 2 N–H and O–H groups in total. The average molecular weight is 302 g/mol. The Kier molecular flexibility index (Phi) is 4.18. The predicted molar refractivity (Wildman–Crippen MR) is 79.9 cm³/mol. The molecule has 3 rings (SSSR count). The molecule has 22 heavy (non-hydrogen) atoms. The van der Waals surface area contributed by atoms with Crippen LogP contribution in [0.1, 0.15) is 24.3 Å². The first-order valence-corrected chi connectivity index (χ1v) is 7.18. The quantitative estimate of drug-likeness (QED) is 0.910. The summed E-state index contributed by atoms with van der Waals surface area (Å²) < 4.78 is 16.2. The van der Waals surface area contributed by atoms with E-state index in [0.29, 0.717) is 31.3 Å². The molecule has 0 bridgehead atoms. The predicted octanol–water partition coefficient (Wildman–Crippen LogP) is 2.61. The summed E-state index contributed by atoms with van der Waals surface area (Å²) >= 11 is 0. The number of rotatable bonds is 4. The van der Waals surface area contributed by atoms with Crippen LogP contribution < -0.4 is 20.1 Å². The molecule has 2 amide bonds. The van der Waals surface area contributed by atoms with Crippen LogP contribution >= 0.6 is 0 Å². The van der Waals surface area contributed by atoms with E-state index >= 15 is 0 Å². The van der Waals surface area contributed by atoms with E-state index in [-0.39, 0.29) is 12.1 Å². The van der Waals surface area contributed by atoms with Crippen molar-refractivity contribution in [2.24, 2.45) is 0 Å². The van der Waals surface area contributed by atoms with Gasteiger partial charge < -0.3 is 24.5 Å². The highest BCUT2D eigenvalue weighted by molar-refractivity contribution is 5.74. The van der Waals surface area contributed by atoms with Gasteiger partial charge in [0.1, 0.15) is 19.0 Å². The highest BCUT2D eigenvalue weighted by Gasteiger charge is 2.15. The van der Waals surface area contributed by atoms with Crippen molar-refractivity contribution in [1.82, 2.24) is 10.6 Å². The van der Waals surface area contributed by atoms with Crippen molar-refractivity contribution in [3.63, 3.8) is 0 Å². The molecular formula is C16H18N2O4. The van der Waals surface area contributed by atoms with Crippen LogP contribution in [0.2, 0.25) is 0 Å². The zero-order valence-corrected chi connectivity index (χ0v) is 12.3. The number of urea groups is 1. The molecule has 0 saturated carbocycles. The third-order valence-electron chi connectivity index (χ3n) is 3.42. The van der Waals surface area contributed by atoms with E-state index in [9.17, 15) is 4.79 Å². The molecule has 1 aliphatic heterocycles. The molecule has 0 spiro atoms. The van der Waals surface area contributed by atoms with Gasteiger partial charge >= 0.3 is 6.03 Å². The van der Waals surface area contributed by atoms with Gasteiger partial charge in [0.15, 0.2) is 11.5 Å². The molecule has 0 saturated heterocycles. The van der Waals surface area contributed by atoms with E-state index in [0.717, 1.165) is 11.3 Å². The smallest absolute Gasteiger partial charge is 0.315 e. The molecule has 2 heterocycles. The number of furan rings is 1. The van der Waals surface area contributed by atoms with Crippen LogP contribution in [-0.2, 0) is 6.54 Å². The first kappa shape index (κ1) is 14.3. The summed E-state index contributed by atoms with van der Waals surface area (Å²) in [6.07, 6.45) is 1.58. The van der Waals surface area contributed by atoms with E-state index in [1.807, 2.05) is 31.2 Å². The Morgan fingerprint density at radius 1 is 1.23 bits per heavy atom. The molecule has 6 nitrogen and oxygen atoms in total. The first-order chi connectivity index (χ1) is 10.7. The minimum atomic E-state index is -0.251. The van der Waals surface area contributed by atoms with Gasteiger partial charge in [0.05, 0.1) is 18.8 Å². The number of hydrogen-bond donors (Lipinski definition) is 2. The maximum absolute atomic E-state index is 11.9. The summed E-state index contributed by atoms with van der Waals surface area (Å²) in [5.41, 5.74) is 0.956. The fraction of sp³-hybridized carbons (Fsp3) is 0.312. The topological polar surface area (TPSA) is 72.7 Å². The van der Waals surface area contributed by atoms with Crippen molar-refractivity contribution in [2.45, 2.75) is 19.5 Å². The van der Waals surface area contributed by atoms with Crippen LogP contribution in [0, 0.1) is 0 Å². The number of hydrogen-bond acceptors (Lipinski definition) is 4. The second-order valence-corrected chi connectivity index (χ2v) is 5.03. The SMILES string of the molecule is C[C@H](NC(=O)NCc1ccco1)c1ccc2c(c1)OCCO2. The lowest BCUT2D eigenvalue weighted by molar-refractivity contribution is 0.171. The van der Waals surface area contributed by atoms with Crippen LogP contribution in [0.4, 0.5) is 4.79 Å². The van der Waals surface area contributed by atoms with Gasteiger partial charge in [-0.15, -0.1) is 0 Å². The lowest BCUT2D eigenvalue weighted by Crippen LogP contribution is -2.36. The van der Waals surface area contributed by atoms with Crippen molar-refractivity contribution in [2.75, 3.05) is 13.2 Å². The number of fused-ring (bicyclic) bond motifs is 1. The van der Waals surface area contributed by atoms with Crippen LogP contribution in [-0.4, -0.2) is 19.2 Å². The van der Waals surface area contributed by atoms with Gasteiger partial charge in [0.25, 0.3) is 0 Å². The van der Waals surface area contributed by atoms with Gasteiger partial charge in [-0.25, -0.2) is 4.79 Å². The lowest BCUT2D eigenvalue weighted by Gasteiger charge is -2.21. The van der Waals surface area contributed by atoms with Crippen molar-refractivity contribution < 1.29 is 18.7 Å². The number of ether oxygens (including phenoxy) is 2. The maximum atomic E-state index is 11.9. The largest absolute Gasteiger partial charge is 0.486 e. The fourth-order valence-corrected chi connectivity index (χ4v) is 2.24. The van der Waals surface area contributed by atoms with Crippen molar-refractivity contribution in [1.29, 1.82) is 0 Å². The van der Waals surface area contributed by atoms with Crippen LogP contribution in [0.15, 0.2) is 41.0 Å². The van der Waals surface area contributed by atoms with E-state index in [4.69, 9.17) is 13.9 Å². The molecule has 6 heteroatoms. The number of nitrogens with one attached hydrogen (secondary N) is 2. The first-order valence-electron chi connectivity index (χ1n) is 7.18. The Labute approximate surface area is 128 Å². The number of benzene rings is 1. The van der Waals surface area contributed by atoms with Gasteiger partial charge in [0, 0.05) is 0 Å². The van der Waals surface area contributed by atoms with Crippen molar-refractivity contribution >= 4 is 6.03 Å². The zero-order chi connectivity index (χ0) is 15.4. The van der Waals surface area contributed by atoms with Gasteiger partial charge in [-0.2, -0.15) is 0 Å². The van der Waals surface area contributed by atoms with E-state index < -0.39 is 0 Å². The highest BCUT2D eigenvalue weighted by atomic mass is 16.6. The molecule has 116 valence electrons. The molecule has 1 atom stereocenters. The Morgan fingerprint density at radius 3 is 2.82 bits per heavy atom. The summed E-state index contributed by atoms with van der Waals surface area (Å²) in [6, 6.07) is 8.88. The Bertz CT molecular complexity index is 640. The minimum absolute atomic E-state index is 0.146. The fourth-order valence-electron chi connectivity index (χ4n) is 2.24. The lowest BCUT2D eigenvalue weighted by atomic mass is 10.1. The Morgan fingerprint density at radius 2 is 2.05 bits per heavy atom. The summed E-state index contributed by atoms with van der Waals surface area (Å²) in [5, 5.41) is 5.63. The summed E-state index contributed by atoms with van der Waals surface area (Å²) in [5.74, 6) is 2.17. The zero-order valence-electron chi connectivity index (χ0n) is 12.3. The molecule has 1 aromatic carbocycles. The number of carbonyl (C=O) groups is 1. The summed E-state index contributed by atoms with van der Waals surface area (Å²) in [7, 11) is 0. The number of carbonyl (C=O) groups excluding carboxylic acids is 1. The second-order valence-electron chi connectivity index (χ2n) is 5.03. The molecule has 2 aromatic rings. The second kappa shape index (κ2) is 6.43. The molecule has 0 unspecified atom stereocenters. The van der Waals surface area contributed by atoms with Crippen molar-refractivity contribution in [3.05, 3.63) is 47.9 Å². The van der Waals surface area contributed by atoms with Gasteiger partial charge in [-0.3, -0.25) is 0 Å². The van der Waals surface area contributed by atoms with E-state index in [1.54, 1.807) is 12.3 Å². The standard InChI is InChI=1S/C16H18N2O4/c1-11(18-16(19)17-10-13-3-2-6-20-13)12-4-5-14-15(9-12)22-8-7-21-14/h2-6,9,11H,7-8,10H2,1H3,(H2,17,18,19)/t11-/m0/s1. The molecule has 1 aliphatic rings. The van der Waals surface area contributed by atoms with Crippen LogP contribution in [0.5, 0.6) is 11.5 Å². The third kappa shape index (κ3) is 3.33. The van der Waals surface area contributed by atoms with Gasteiger partial charge in [0.2, 0.25) is 0 Å². The van der Waals surface area contributed by atoms with Crippen LogP contribution in [0.3, 0.4) is 0 Å². The molecule has 0 fully saturated rings. The minimum Gasteiger partial charge on any atom is -0.486 e. The van der Waals surface area contributed by atoms with Crippen molar-refractivity contribution in [3.8, 4) is 11.5 Å². The van der Waals surface area contributed by atoms with Gasteiger partial charge in [-0.05, 0) is 36.8 Å². The molecule has 0 radical (unpaired) electrons. The highest BCUT2D eigenvalue weighted by Crippen LogP contribution is 2.32. The Balaban J connectivity index is 1.56. The molecular weight excluding hydrogens is 284 g/mol. The van der Waals surface area contributed by atoms with Crippen LogP contribution in [0.25, 0.3) is 0 Å². The third-order valence-corrected chi connectivity index (χ3v) is 3.42. The van der Waals surface area contributed by atoms with E-state index in [1.165, 1.54) is 0 Å². The Hall–Kier alpha value is -2.63. The molecule has 1 aromatic heterocycles. The van der Waals surface area contributed by atoms with E-state index in [2.05, 4.69) is 10.6 Å². The maximum Gasteiger partial charge on any atom is 0.315 e.